The molecule has 7 nitrogen and oxygen atoms in total. The molecule has 2 aliphatic rings. The molecule has 0 amide bonds. The van der Waals surface area contributed by atoms with E-state index in [1.165, 1.54) is 0 Å². The second kappa shape index (κ2) is 11.3. The molecule has 0 radical (unpaired) electrons. The van der Waals surface area contributed by atoms with E-state index < -0.39 is 11.9 Å². The number of hydrogen-bond donors (Lipinski definition) is 0. The van der Waals surface area contributed by atoms with Crippen molar-refractivity contribution in [3.05, 3.63) is 119 Å². The summed E-state index contributed by atoms with van der Waals surface area (Å²) >= 11 is 0. The number of ether oxygens (including phenoxy) is 4. The zero-order chi connectivity index (χ0) is 28.3. The van der Waals surface area contributed by atoms with Gasteiger partial charge in [-0.25, -0.2) is 14.4 Å². The standard InChI is InChI=1S/C34H27NO6/c1-3-28-31-18-25(40-33(36)21-4-8-23(35-2)9-5-21)12-14-29(31)30-15-13-26(19-32(28)30)41-34(37)22-6-10-24(11-7-22)38-17-16-27-20-39-27/h4-15,18-19,27-28H,3,16-17,20H2,1H3. The maximum atomic E-state index is 12.9. The molecule has 2 unspecified atom stereocenters. The van der Waals surface area contributed by atoms with E-state index in [4.69, 9.17) is 25.5 Å². The van der Waals surface area contributed by atoms with Crippen LogP contribution in [0.2, 0.25) is 0 Å². The molecule has 0 N–H and O–H groups in total. The molecule has 1 aliphatic carbocycles. The average molecular weight is 546 g/mol. The molecule has 1 aliphatic heterocycles. The predicted octanol–water partition coefficient (Wildman–Crippen LogP) is 7.37. The molecule has 41 heavy (non-hydrogen) atoms. The van der Waals surface area contributed by atoms with Crippen LogP contribution >= 0.6 is 0 Å². The van der Waals surface area contributed by atoms with Crippen molar-refractivity contribution in [1.82, 2.24) is 0 Å². The van der Waals surface area contributed by atoms with Crippen LogP contribution in [0.15, 0.2) is 84.9 Å². The smallest absolute Gasteiger partial charge is 0.343 e. The number of rotatable bonds is 9. The number of benzene rings is 4. The minimum Gasteiger partial charge on any atom is -0.493 e. The van der Waals surface area contributed by atoms with E-state index >= 15 is 0 Å². The number of hydrogen-bond acceptors (Lipinski definition) is 6. The third-order valence-electron chi connectivity index (χ3n) is 7.35. The van der Waals surface area contributed by atoms with E-state index in [2.05, 4.69) is 11.8 Å². The van der Waals surface area contributed by atoms with Gasteiger partial charge in [-0.2, -0.15) is 0 Å². The largest absolute Gasteiger partial charge is 0.493 e. The van der Waals surface area contributed by atoms with Gasteiger partial charge in [-0.15, -0.1) is 0 Å². The van der Waals surface area contributed by atoms with Gasteiger partial charge >= 0.3 is 11.9 Å². The monoisotopic (exact) mass is 545 g/mol. The van der Waals surface area contributed by atoms with E-state index in [1.807, 2.05) is 24.3 Å². The molecule has 0 aromatic heterocycles. The molecule has 6 rings (SSSR count). The van der Waals surface area contributed by atoms with Gasteiger partial charge < -0.3 is 18.9 Å². The van der Waals surface area contributed by atoms with E-state index in [0.29, 0.717) is 46.8 Å². The molecule has 1 heterocycles. The maximum absolute atomic E-state index is 12.9. The second-order valence-corrected chi connectivity index (χ2v) is 10.0. The third-order valence-corrected chi connectivity index (χ3v) is 7.35. The number of esters is 2. The molecular weight excluding hydrogens is 518 g/mol. The zero-order valence-electron chi connectivity index (χ0n) is 22.5. The van der Waals surface area contributed by atoms with Crippen molar-refractivity contribution in [3.63, 3.8) is 0 Å². The Labute approximate surface area is 238 Å². The van der Waals surface area contributed by atoms with E-state index in [-0.39, 0.29) is 5.92 Å². The van der Waals surface area contributed by atoms with Crippen LogP contribution in [0.1, 0.15) is 57.5 Å². The summed E-state index contributed by atoms with van der Waals surface area (Å²) in [5, 5.41) is 0. The number of nitrogens with zero attached hydrogens (tertiary/aromatic N) is 1. The summed E-state index contributed by atoms with van der Waals surface area (Å²) in [7, 11) is 0. The predicted molar refractivity (Wildman–Crippen MR) is 153 cm³/mol. The van der Waals surface area contributed by atoms with Crippen LogP contribution in [0.25, 0.3) is 16.0 Å². The lowest BCUT2D eigenvalue weighted by Crippen LogP contribution is -2.09. The Hall–Kier alpha value is -4.93. The first-order valence-corrected chi connectivity index (χ1v) is 13.6. The van der Waals surface area contributed by atoms with Crippen LogP contribution in [0.3, 0.4) is 0 Å². The summed E-state index contributed by atoms with van der Waals surface area (Å²) in [6, 6.07) is 24.6. The first kappa shape index (κ1) is 26.3. The molecule has 2 atom stereocenters. The molecular formula is C34H27NO6. The fourth-order valence-corrected chi connectivity index (χ4v) is 5.12. The second-order valence-electron chi connectivity index (χ2n) is 10.0. The summed E-state index contributed by atoms with van der Waals surface area (Å²) in [5.41, 5.74) is 5.54. The Bertz CT molecular complexity index is 1650. The first-order chi connectivity index (χ1) is 20.0. The minimum atomic E-state index is -0.480. The Morgan fingerprint density at radius 2 is 1.32 bits per heavy atom. The van der Waals surface area contributed by atoms with Gasteiger partial charge in [0, 0.05) is 12.3 Å². The van der Waals surface area contributed by atoms with Gasteiger partial charge in [-0.05, 0) is 77.2 Å². The van der Waals surface area contributed by atoms with Crippen molar-refractivity contribution >= 4 is 17.6 Å². The fourth-order valence-electron chi connectivity index (χ4n) is 5.12. The number of epoxide rings is 1. The summed E-state index contributed by atoms with van der Waals surface area (Å²) in [6.07, 6.45) is 2.00. The van der Waals surface area contributed by atoms with E-state index in [1.54, 1.807) is 60.7 Å². The fraction of sp³-hybridized carbons (Fsp3) is 0.206. The molecule has 0 saturated carbocycles. The normalized spacial score (nSPS) is 16.2. The molecule has 4 aromatic rings. The molecule has 1 fully saturated rings. The van der Waals surface area contributed by atoms with Gasteiger partial charge in [-0.1, -0.05) is 43.3 Å². The molecule has 7 heteroatoms. The lowest BCUT2D eigenvalue weighted by atomic mass is 9.94. The molecule has 204 valence electrons. The topological polar surface area (TPSA) is 78.7 Å². The summed E-state index contributed by atoms with van der Waals surface area (Å²) in [5.74, 6) is 0.768. The Morgan fingerprint density at radius 3 is 1.80 bits per heavy atom. The van der Waals surface area contributed by atoms with E-state index in [9.17, 15) is 9.59 Å². The highest BCUT2D eigenvalue weighted by atomic mass is 16.6. The number of fused-ring (bicyclic) bond motifs is 3. The lowest BCUT2D eigenvalue weighted by molar-refractivity contribution is 0.0725. The van der Waals surface area contributed by atoms with Gasteiger partial charge in [0.05, 0.1) is 37.0 Å². The van der Waals surface area contributed by atoms with Crippen LogP contribution in [0, 0.1) is 6.57 Å². The third kappa shape index (κ3) is 5.69. The van der Waals surface area contributed by atoms with Gasteiger partial charge in [0.25, 0.3) is 0 Å². The number of carbonyl (C=O) groups is 2. The zero-order valence-corrected chi connectivity index (χ0v) is 22.5. The van der Waals surface area contributed by atoms with Gasteiger partial charge in [-0.3, -0.25) is 0 Å². The summed E-state index contributed by atoms with van der Waals surface area (Å²) in [6.45, 7) is 10.5. The Balaban J connectivity index is 1.14. The number of carbonyl (C=O) groups excluding carboxylic acids is 2. The Kier molecular flexibility index (Phi) is 7.24. The maximum Gasteiger partial charge on any atom is 0.343 e. The van der Waals surface area contributed by atoms with Gasteiger partial charge in [0.15, 0.2) is 5.69 Å². The van der Waals surface area contributed by atoms with E-state index in [0.717, 1.165) is 41.7 Å². The molecule has 4 aromatic carbocycles. The molecule has 1 saturated heterocycles. The van der Waals surface area contributed by atoms with Crippen LogP contribution in [-0.2, 0) is 4.74 Å². The minimum absolute atomic E-state index is 0.0627. The van der Waals surface area contributed by atoms with Crippen molar-refractivity contribution in [1.29, 1.82) is 0 Å². The van der Waals surface area contributed by atoms with Crippen LogP contribution < -0.4 is 14.2 Å². The quantitative estimate of drug-likeness (QED) is 0.0946. The highest BCUT2D eigenvalue weighted by Gasteiger charge is 2.29. The SMILES string of the molecule is [C-]#[N+]c1ccc(C(=O)Oc2ccc3c(c2)C(CC)c2cc(OC(=O)c4ccc(OCCC5CO5)cc4)ccc2-3)cc1. The van der Waals surface area contributed by atoms with Crippen molar-refractivity contribution < 1.29 is 28.5 Å². The summed E-state index contributed by atoms with van der Waals surface area (Å²) < 4.78 is 22.3. The highest BCUT2D eigenvalue weighted by Crippen LogP contribution is 2.48. The lowest BCUT2D eigenvalue weighted by Gasteiger charge is -2.13. The van der Waals surface area contributed by atoms with Gasteiger partial charge in [0.2, 0.25) is 0 Å². The van der Waals surface area contributed by atoms with Crippen molar-refractivity contribution in [2.24, 2.45) is 0 Å². The Morgan fingerprint density at radius 1 is 0.805 bits per heavy atom. The molecule has 0 bridgehead atoms. The van der Waals surface area contributed by atoms with Crippen LogP contribution in [0.4, 0.5) is 5.69 Å². The first-order valence-electron chi connectivity index (χ1n) is 13.6. The summed E-state index contributed by atoms with van der Waals surface area (Å²) in [4.78, 5) is 28.9. The van der Waals surface area contributed by atoms with Crippen molar-refractivity contribution in [2.45, 2.75) is 31.8 Å². The van der Waals surface area contributed by atoms with Crippen LogP contribution in [-0.4, -0.2) is 31.3 Å². The van der Waals surface area contributed by atoms with Crippen molar-refractivity contribution in [3.8, 4) is 28.4 Å². The van der Waals surface area contributed by atoms with Gasteiger partial charge in [0.1, 0.15) is 17.2 Å². The van der Waals surface area contributed by atoms with Crippen LogP contribution in [0.5, 0.6) is 17.2 Å². The molecule has 0 spiro atoms. The highest BCUT2D eigenvalue weighted by molar-refractivity contribution is 5.92. The van der Waals surface area contributed by atoms with Crippen molar-refractivity contribution in [2.75, 3.05) is 13.2 Å². The average Bonchev–Trinajstić information content (AvgIpc) is 3.77.